The number of nitrogens with zero attached hydrogens (tertiary/aromatic N) is 2. The molecule has 2 atom stereocenters. The van der Waals surface area contributed by atoms with Crippen molar-refractivity contribution in [3.8, 4) is 0 Å². The third-order valence-corrected chi connectivity index (χ3v) is 6.50. The van der Waals surface area contributed by atoms with E-state index in [2.05, 4.69) is 32.6 Å². The van der Waals surface area contributed by atoms with E-state index in [-0.39, 0.29) is 17.9 Å². The fraction of sp³-hybridized carbons (Fsp3) is 0.458. The maximum Gasteiger partial charge on any atom is 0.220 e. The number of carbonyl (C=O) groups is 1. The third kappa shape index (κ3) is 3.97. The molecule has 3 heterocycles. The van der Waals surface area contributed by atoms with E-state index in [4.69, 9.17) is 4.74 Å². The highest BCUT2D eigenvalue weighted by Crippen LogP contribution is 2.25. The van der Waals surface area contributed by atoms with Crippen LogP contribution in [0.3, 0.4) is 0 Å². The van der Waals surface area contributed by atoms with Crippen LogP contribution in [-0.2, 0) is 35.2 Å². The van der Waals surface area contributed by atoms with Gasteiger partial charge in [0.05, 0.1) is 30.5 Å². The Morgan fingerprint density at radius 3 is 3.03 bits per heavy atom. The summed E-state index contributed by atoms with van der Waals surface area (Å²) in [7, 11) is 0. The van der Waals surface area contributed by atoms with E-state index in [0.717, 1.165) is 30.5 Å². The minimum Gasteiger partial charge on any atom is -0.379 e. The first-order valence-electron chi connectivity index (χ1n) is 11.0. The lowest BCUT2D eigenvalue weighted by molar-refractivity contribution is -0.122. The minimum absolute atomic E-state index is 0.0533. The Hall–Kier alpha value is -2.73. The molecule has 0 radical (unpaired) electrons. The van der Waals surface area contributed by atoms with Gasteiger partial charge in [0.1, 0.15) is 0 Å². The topological polar surface area (TPSA) is 79.9 Å². The molecule has 0 spiro atoms. The highest BCUT2D eigenvalue weighted by molar-refractivity contribution is 5.82. The summed E-state index contributed by atoms with van der Waals surface area (Å²) >= 11 is 0. The van der Waals surface area contributed by atoms with E-state index < -0.39 is 0 Å². The standard InChI is InChI=1S/C24H28N4O2/c29-24(10-9-22-19-6-2-4-8-21(19)27-28-22)26-23-15-30-14-17(23)13-16-11-12-25-20-7-3-1-5-18(16)20/h1,3,5,7,11-12,17,23H,2,4,6,8-10,13-15H2,(H,26,29)(H,27,28)/t17-,23-/m1/s1. The van der Waals surface area contributed by atoms with Gasteiger partial charge in [0.15, 0.2) is 0 Å². The molecule has 3 aromatic rings. The zero-order valence-electron chi connectivity index (χ0n) is 17.2. The van der Waals surface area contributed by atoms with Crippen molar-refractivity contribution >= 4 is 16.8 Å². The normalized spacial score (nSPS) is 20.9. The van der Waals surface area contributed by atoms with Crippen LogP contribution in [0.4, 0.5) is 0 Å². The Morgan fingerprint density at radius 2 is 2.07 bits per heavy atom. The summed E-state index contributed by atoms with van der Waals surface area (Å²) in [4.78, 5) is 17.1. The zero-order valence-corrected chi connectivity index (χ0v) is 17.2. The van der Waals surface area contributed by atoms with E-state index in [0.29, 0.717) is 26.1 Å². The number of ether oxygens (including phenoxy) is 1. The number of amides is 1. The Labute approximate surface area is 176 Å². The van der Waals surface area contributed by atoms with Crippen LogP contribution >= 0.6 is 0 Å². The van der Waals surface area contributed by atoms with Crippen LogP contribution in [-0.4, -0.2) is 40.3 Å². The van der Waals surface area contributed by atoms with Crippen molar-refractivity contribution in [1.29, 1.82) is 0 Å². The van der Waals surface area contributed by atoms with Gasteiger partial charge >= 0.3 is 0 Å². The van der Waals surface area contributed by atoms with E-state index in [9.17, 15) is 4.79 Å². The molecule has 1 saturated heterocycles. The maximum atomic E-state index is 12.7. The van der Waals surface area contributed by atoms with E-state index in [1.165, 1.54) is 35.0 Å². The number of nitrogens with one attached hydrogen (secondary N) is 2. The average molecular weight is 405 g/mol. The highest BCUT2D eigenvalue weighted by Gasteiger charge is 2.30. The molecule has 1 fully saturated rings. The molecule has 1 aliphatic carbocycles. The summed E-state index contributed by atoms with van der Waals surface area (Å²) in [5, 5.41) is 12.0. The van der Waals surface area contributed by atoms with Gasteiger partial charge in [0.25, 0.3) is 0 Å². The number of fused-ring (bicyclic) bond motifs is 2. The second-order valence-electron chi connectivity index (χ2n) is 8.50. The van der Waals surface area contributed by atoms with Gasteiger partial charge in [0, 0.05) is 36.0 Å². The number of aryl methyl sites for hydroxylation is 2. The summed E-state index contributed by atoms with van der Waals surface area (Å²) < 4.78 is 5.73. The number of benzene rings is 1. The number of aromatic nitrogens is 3. The van der Waals surface area contributed by atoms with Gasteiger partial charge in [-0.05, 0) is 55.4 Å². The summed E-state index contributed by atoms with van der Waals surface area (Å²) in [6.07, 6.45) is 8.53. The van der Waals surface area contributed by atoms with Crippen molar-refractivity contribution in [1.82, 2.24) is 20.5 Å². The zero-order chi connectivity index (χ0) is 20.3. The van der Waals surface area contributed by atoms with Gasteiger partial charge in [-0.2, -0.15) is 5.10 Å². The molecular formula is C24H28N4O2. The van der Waals surface area contributed by atoms with E-state index >= 15 is 0 Å². The van der Waals surface area contributed by atoms with Crippen molar-refractivity contribution in [3.63, 3.8) is 0 Å². The number of para-hydroxylation sites is 1. The molecule has 0 unspecified atom stereocenters. The molecule has 1 aromatic carbocycles. The van der Waals surface area contributed by atoms with Gasteiger partial charge in [-0.3, -0.25) is 14.9 Å². The lowest BCUT2D eigenvalue weighted by Gasteiger charge is -2.20. The average Bonchev–Trinajstić information content (AvgIpc) is 3.39. The highest BCUT2D eigenvalue weighted by atomic mass is 16.5. The molecule has 6 heteroatoms. The van der Waals surface area contributed by atoms with Gasteiger partial charge in [-0.1, -0.05) is 18.2 Å². The van der Waals surface area contributed by atoms with Crippen molar-refractivity contribution in [2.45, 2.75) is 51.0 Å². The number of rotatable bonds is 6. The smallest absolute Gasteiger partial charge is 0.220 e. The second-order valence-corrected chi connectivity index (χ2v) is 8.50. The third-order valence-electron chi connectivity index (χ3n) is 6.50. The van der Waals surface area contributed by atoms with E-state index in [1.807, 2.05) is 24.4 Å². The van der Waals surface area contributed by atoms with Gasteiger partial charge in [-0.15, -0.1) is 0 Å². The van der Waals surface area contributed by atoms with Crippen LogP contribution < -0.4 is 5.32 Å². The van der Waals surface area contributed by atoms with Crippen molar-refractivity contribution in [2.75, 3.05) is 13.2 Å². The molecule has 6 nitrogen and oxygen atoms in total. The Morgan fingerprint density at radius 1 is 1.17 bits per heavy atom. The molecule has 2 aliphatic rings. The molecular weight excluding hydrogens is 376 g/mol. The van der Waals surface area contributed by atoms with Gasteiger partial charge in [-0.25, -0.2) is 0 Å². The second kappa shape index (κ2) is 8.56. The monoisotopic (exact) mass is 404 g/mol. The Bertz CT molecular complexity index is 1040. The van der Waals surface area contributed by atoms with Crippen LogP contribution in [0.25, 0.3) is 10.9 Å². The van der Waals surface area contributed by atoms with Crippen molar-refractivity contribution in [2.24, 2.45) is 5.92 Å². The fourth-order valence-corrected chi connectivity index (χ4v) is 4.84. The van der Waals surface area contributed by atoms with Crippen molar-refractivity contribution < 1.29 is 9.53 Å². The van der Waals surface area contributed by atoms with Crippen molar-refractivity contribution in [3.05, 3.63) is 59.0 Å². The van der Waals surface area contributed by atoms with Crippen LogP contribution in [0.2, 0.25) is 0 Å². The number of hydrogen-bond donors (Lipinski definition) is 2. The molecule has 156 valence electrons. The predicted molar refractivity (Wildman–Crippen MR) is 115 cm³/mol. The summed E-state index contributed by atoms with van der Waals surface area (Å²) in [5.74, 6) is 0.362. The quantitative estimate of drug-likeness (QED) is 0.661. The molecule has 30 heavy (non-hydrogen) atoms. The van der Waals surface area contributed by atoms with Crippen LogP contribution in [0.15, 0.2) is 36.5 Å². The fourth-order valence-electron chi connectivity index (χ4n) is 4.84. The largest absolute Gasteiger partial charge is 0.379 e. The molecule has 1 amide bonds. The number of H-pyrrole nitrogens is 1. The lowest BCUT2D eigenvalue weighted by atomic mass is 9.92. The number of carbonyl (C=O) groups excluding carboxylic acids is 1. The maximum absolute atomic E-state index is 12.7. The van der Waals surface area contributed by atoms with Gasteiger partial charge in [0.2, 0.25) is 5.91 Å². The predicted octanol–water partition coefficient (Wildman–Crippen LogP) is 3.14. The van der Waals surface area contributed by atoms with E-state index in [1.54, 1.807) is 0 Å². The first-order valence-corrected chi connectivity index (χ1v) is 11.0. The number of hydrogen-bond acceptors (Lipinski definition) is 4. The van der Waals surface area contributed by atoms with Crippen LogP contribution in [0.5, 0.6) is 0 Å². The number of pyridine rings is 1. The molecule has 0 saturated carbocycles. The minimum atomic E-state index is 0.0533. The van der Waals surface area contributed by atoms with Crippen LogP contribution in [0, 0.1) is 5.92 Å². The Kier molecular flexibility index (Phi) is 5.49. The first kappa shape index (κ1) is 19.2. The molecule has 5 rings (SSSR count). The summed E-state index contributed by atoms with van der Waals surface area (Å²) in [6, 6.07) is 10.4. The first-order chi connectivity index (χ1) is 14.8. The summed E-state index contributed by atoms with van der Waals surface area (Å²) in [6.45, 7) is 1.26. The Balaban J connectivity index is 1.20. The molecule has 1 aliphatic heterocycles. The van der Waals surface area contributed by atoms with Gasteiger partial charge < -0.3 is 10.1 Å². The lowest BCUT2D eigenvalue weighted by Crippen LogP contribution is -2.40. The molecule has 2 aromatic heterocycles. The SMILES string of the molecule is O=C(CCc1n[nH]c2c1CCCC2)N[C@@H]1COC[C@H]1Cc1ccnc2ccccc12. The van der Waals surface area contributed by atoms with Crippen LogP contribution in [0.1, 0.15) is 41.8 Å². The summed E-state index contributed by atoms with van der Waals surface area (Å²) in [5.41, 5.74) is 5.96. The molecule has 0 bridgehead atoms. The number of aromatic amines is 1. The molecule has 2 N–H and O–H groups in total.